The highest BCUT2D eigenvalue weighted by Crippen LogP contribution is 2.34. The molecule has 2 heterocycles. The smallest absolute Gasteiger partial charge is 0.249 e. The van der Waals surface area contributed by atoms with Crippen molar-refractivity contribution < 1.29 is 9.59 Å². The summed E-state index contributed by atoms with van der Waals surface area (Å²) in [5.74, 6) is 0.130. The maximum absolute atomic E-state index is 13.0. The van der Waals surface area contributed by atoms with Gasteiger partial charge in [0.25, 0.3) is 0 Å². The van der Waals surface area contributed by atoms with E-state index in [1.165, 1.54) is 12.8 Å². The summed E-state index contributed by atoms with van der Waals surface area (Å²) < 4.78 is 0. The third kappa shape index (κ3) is 2.45. The van der Waals surface area contributed by atoms with E-state index < -0.39 is 5.54 Å². The zero-order valence-corrected chi connectivity index (χ0v) is 13.4. The standard InChI is InChI=1S/C16H27N3O2/c1-4-13-14(20)17-16(3,5-2)15(21)19(13)12-8-9-18(10-12)11-6-7-11/h11-13H,4-10H2,1-3H3,(H,17,20). The molecular weight excluding hydrogens is 266 g/mol. The quantitative estimate of drug-likeness (QED) is 0.845. The van der Waals surface area contributed by atoms with E-state index >= 15 is 0 Å². The van der Waals surface area contributed by atoms with Crippen LogP contribution in [0, 0.1) is 0 Å². The van der Waals surface area contributed by atoms with Crippen LogP contribution in [0.25, 0.3) is 0 Å². The van der Waals surface area contributed by atoms with Crippen LogP contribution < -0.4 is 5.32 Å². The fraction of sp³-hybridized carbons (Fsp3) is 0.875. The Morgan fingerprint density at radius 1 is 1.19 bits per heavy atom. The highest BCUT2D eigenvalue weighted by Gasteiger charge is 2.50. The molecular formula is C16H27N3O2. The van der Waals surface area contributed by atoms with Gasteiger partial charge in [0.15, 0.2) is 0 Å². The maximum Gasteiger partial charge on any atom is 0.249 e. The predicted octanol–water partition coefficient (Wildman–Crippen LogP) is 1.13. The molecule has 2 amide bonds. The lowest BCUT2D eigenvalue weighted by molar-refractivity contribution is -0.157. The van der Waals surface area contributed by atoms with Crippen molar-refractivity contribution in [1.82, 2.24) is 15.1 Å². The Morgan fingerprint density at radius 3 is 2.48 bits per heavy atom. The average Bonchev–Trinajstić information content (AvgIpc) is 3.21. The fourth-order valence-corrected chi connectivity index (χ4v) is 3.77. The number of carbonyl (C=O) groups is 2. The average molecular weight is 293 g/mol. The van der Waals surface area contributed by atoms with Crippen molar-refractivity contribution in [3.63, 3.8) is 0 Å². The SMILES string of the molecule is CCC1C(=O)NC(C)(CC)C(=O)N1C1CCN(C2CC2)C1. The van der Waals surface area contributed by atoms with Gasteiger partial charge in [0, 0.05) is 25.2 Å². The molecule has 3 unspecified atom stereocenters. The summed E-state index contributed by atoms with van der Waals surface area (Å²) in [5, 5.41) is 2.95. The molecule has 2 aliphatic heterocycles. The second-order valence-electron chi connectivity index (χ2n) is 6.98. The summed E-state index contributed by atoms with van der Waals surface area (Å²) in [5.41, 5.74) is -0.726. The van der Waals surface area contributed by atoms with Crippen LogP contribution in [0.15, 0.2) is 0 Å². The lowest BCUT2D eigenvalue weighted by Crippen LogP contribution is -2.71. The lowest BCUT2D eigenvalue weighted by Gasteiger charge is -2.46. The number of hydrogen-bond donors (Lipinski definition) is 1. The lowest BCUT2D eigenvalue weighted by atomic mass is 9.89. The summed E-state index contributed by atoms with van der Waals surface area (Å²) in [7, 11) is 0. The van der Waals surface area contributed by atoms with Gasteiger partial charge >= 0.3 is 0 Å². The molecule has 1 saturated carbocycles. The van der Waals surface area contributed by atoms with E-state index in [1.54, 1.807) is 0 Å². The topological polar surface area (TPSA) is 52.7 Å². The van der Waals surface area contributed by atoms with Gasteiger partial charge in [-0.05, 0) is 39.0 Å². The third-order valence-corrected chi connectivity index (χ3v) is 5.49. The largest absolute Gasteiger partial charge is 0.340 e. The summed E-state index contributed by atoms with van der Waals surface area (Å²) in [6, 6.07) is 0.655. The molecule has 5 heteroatoms. The Kier molecular flexibility index (Phi) is 3.72. The first-order chi connectivity index (χ1) is 10.00. The van der Waals surface area contributed by atoms with Crippen LogP contribution in [0.1, 0.15) is 52.9 Å². The van der Waals surface area contributed by atoms with Crippen molar-refractivity contribution in [3.8, 4) is 0 Å². The van der Waals surface area contributed by atoms with E-state index in [2.05, 4.69) is 10.2 Å². The molecule has 3 atom stereocenters. The van der Waals surface area contributed by atoms with Crippen LogP contribution >= 0.6 is 0 Å². The Labute approximate surface area is 127 Å². The molecule has 5 nitrogen and oxygen atoms in total. The molecule has 3 aliphatic rings. The first kappa shape index (κ1) is 14.8. The molecule has 0 aromatic carbocycles. The first-order valence-corrected chi connectivity index (χ1v) is 8.39. The molecule has 3 rings (SSSR count). The Hall–Kier alpha value is -1.10. The minimum Gasteiger partial charge on any atom is -0.340 e. The molecule has 2 saturated heterocycles. The number of amides is 2. The molecule has 1 N–H and O–H groups in total. The van der Waals surface area contributed by atoms with Gasteiger partial charge in [-0.2, -0.15) is 0 Å². The van der Waals surface area contributed by atoms with E-state index in [-0.39, 0.29) is 23.9 Å². The third-order valence-electron chi connectivity index (χ3n) is 5.49. The van der Waals surface area contributed by atoms with Crippen LogP contribution in [-0.4, -0.2) is 58.4 Å². The van der Waals surface area contributed by atoms with Crippen molar-refractivity contribution in [2.24, 2.45) is 0 Å². The number of nitrogens with zero attached hydrogens (tertiary/aromatic N) is 2. The molecule has 0 aromatic rings. The monoisotopic (exact) mass is 293 g/mol. The van der Waals surface area contributed by atoms with Gasteiger partial charge in [0.1, 0.15) is 11.6 Å². The van der Waals surface area contributed by atoms with Gasteiger partial charge in [-0.3, -0.25) is 14.5 Å². The predicted molar refractivity (Wildman–Crippen MR) is 80.8 cm³/mol. The number of carbonyl (C=O) groups excluding carboxylic acids is 2. The number of nitrogens with one attached hydrogen (secondary N) is 1. The zero-order valence-electron chi connectivity index (χ0n) is 13.4. The summed E-state index contributed by atoms with van der Waals surface area (Å²) >= 11 is 0. The van der Waals surface area contributed by atoms with Crippen molar-refractivity contribution in [2.75, 3.05) is 13.1 Å². The van der Waals surface area contributed by atoms with Gasteiger partial charge in [-0.25, -0.2) is 0 Å². The highest BCUT2D eigenvalue weighted by atomic mass is 16.2. The zero-order chi connectivity index (χ0) is 15.2. The molecule has 1 aliphatic carbocycles. The number of rotatable bonds is 4. The Morgan fingerprint density at radius 2 is 1.90 bits per heavy atom. The number of piperazine rings is 1. The minimum absolute atomic E-state index is 0.0197. The van der Waals surface area contributed by atoms with E-state index in [0.717, 1.165) is 25.6 Å². The van der Waals surface area contributed by atoms with Crippen LogP contribution in [0.2, 0.25) is 0 Å². The van der Waals surface area contributed by atoms with E-state index in [0.29, 0.717) is 12.8 Å². The molecule has 21 heavy (non-hydrogen) atoms. The van der Waals surface area contributed by atoms with Crippen LogP contribution in [0.5, 0.6) is 0 Å². The van der Waals surface area contributed by atoms with Gasteiger partial charge in [0.05, 0.1) is 0 Å². The normalized spacial score (nSPS) is 38.0. The molecule has 3 fully saturated rings. The fourth-order valence-electron chi connectivity index (χ4n) is 3.77. The maximum atomic E-state index is 13.0. The van der Waals surface area contributed by atoms with Gasteiger partial charge < -0.3 is 10.2 Å². The molecule has 0 spiro atoms. The summed E-state index contributed by atoms with van der Waals surface area (Å²) in [4.78, 5) is 29.8. The molecule has 0 bridgehead atoms. The van der Waals surface area contributed by atoms with Crippen molar-refractivity contribution >= 4 is 11.8 Å². The molecule has 0 aromatic heterocycles. The Bertz CT molecular complexity index is 449. The van der Waals surface area contributed by atoms with Gasteiger partial charge in [-0.1, -0.05) is 13.8 Å². The van der Waals surface area contributed by atoms with Crippen LogP contribution in [0.3, 0.4) is 0 Å². The van der Waals surface area contributed by atoms with E-state index in [9.17, 15) is 9.59 Å². The van der Waals surface area contributed by atoms with Crippen molar-refractivity contribution in [3.05, 3.63) is 0 Å². The first-order valence-electron chi connectivity index (χ1n) is 8.39. The Balaban J connectivity index is 1.81. The molecule has 0 radical (unpaired) electrons. The number of hydrogen-bond acceptors (Lipinski definition) is 3. The molecule has 118 valence electrons. The van der Waals surface area contributed by atoms with E-state index in [1.807, 2.05) is 25.7 Å². The minimum atomic E-state index is -0.726. The van der Waals surface area contributed by atoms with Crippen molar-refractivity contribution in [2.45, 2.75) is 76.5 Å². The second-order valence-corrected chi connectivity index (χ2v) is 6.98. The highest BCUT2D eigenvalue weighted by molar-refractivity contribution is 5.99. The van der Waals surface area contributed by atoms with E-state index in [4.69, 9.17) is 0 Å². The second kappa shape index (κ2) is 5.27. The summed E-state index contributed by atoms with van der Waals surface area (Å²) in [6.07, 6.45) is 4.93. The van der Waals surface area contributed by atoms with Gasteiger partial charge in [0.2, 0.25) is 11.8 Å². The number of likely N-dealkylation sites (tertiary alicyclic amines) is 1. The van der Waals surface area contributed by atoms with Crippen LogP contribution in [0.4, 0.5) is 0 Å². The summed E-state index contributed by atoms with van der Waals surface area (Å²) in [6.45, 7) is 7.83. The van der Waals surface area contributed by atoms with Crippen molar-refractivity contribution in [1.29, 1.82) is 0 Å². The van der Waals surface area contributed by atoms with Crippen LogP contribution in [-0.2, 0) is 9.59 Å². The van der Waals surface area contributed by atoms with Gasteiger partial charge in [-0.15, -0.1) is 0 Å².